The van der Waals surface area contributed by atoms with E-state index >= 15 is 0 Å². The molecule has 0 aliphatic rings. The van der Waals surface area contributed by atoms with Crippen molar-refractivity contribution in [3.05, 3.63) is 0 Å². The van der Waals surface area contributed by atoms with E-state index in [-0.39, 0.29) is 0 Å². The lowest BCUT2D eigenvalue weighted by molar-refractivity contribution is 0.192. The summed E-state index contributed by atoms with van der Waals surface area (Å²) >= 11 is 0. The van der Waals surface area contributed by atoms with E-state index in [1.54, 1.807) is 0 Å². The summed E-state index contributed by atoms with van der Waals surface area (Å²) in [6.45, 7) is 13.9. The van der Waals surface area contributed by atoms with Crippen molar-refractivity contribution < 1.29 is 0 Å². The van der Waals surface area contributed by atoms with Crippen molar-refractivity contribution in [3.8, 4) is 0 Å². The zero-order valence-corrected chi connectivity index (χ0v) is 12.1. The Balaban J connectivity index is 4.09. The smallest absolute Gasteiger partial charge is 0.000808 e. The number of nitrogens with zero attached hydrogens (tertiary/aromatic N) is 1. The van der Waals surface area contributed by atoms with Crippen LogP contribution in [-0.4, -0.2) is 38.1 Å². The van der Waals surface area contributed by atoms with E-state index in [1.807, 2.05) is 0 Å². The molecule has 0 aliphatic heterocycles. The Morgan fingerprint density at radius 1 is 1.06 bits per heavy atom. The maximum absolute atomic E-state index is 3.60. The van der Waals surface area contributed by atoms with Gasteiger partial charge in [0.15, 0.2) is 0 Å². The van der Waals surface area contributed by atoms with Crippen molar-refractivity contribution in [1.82, 2.24) is 10.2 Å². The predicted octanol–water partition coefficient (Wildman–Crippen LogP) is 3.13. The van der Waals surface area contributed by atoms with Crippen molar-refractivity contribution in [2.24, 2.45) is 5.41 Å². The van der Waals surface area contributed by atoms with Crippen molar-refractivity contribution in [2.75, 3.05) is 33.2 Å². The number of rotatable bonds is 10. The largest absolute Gasteiger partial charge is 0.316 e. The zero-order valence-electron chi connectivity index (χ0n) is 12.1. The van der Waals surface area contributed by atoms with Crippen LogP contribution in [0.2, 0.25) is 0 Å². The molecular weight excluding hydrogens is 196 g/mol. The fraction of sp³-hybridized carbons (Fsp3) is 1.00. The highest BCUT2D eigenvalue weighted by atomic mass is 15.1. The predicted molar refractivity (Wildman–Crippen MR) is 74.0 cm³/mol. The summed E-state index contributed by atoms with van der Waals surface area (Å²) in [5, 5.41) is 3.60. The lowest BCUT2D eigenvalue weighted by Crippen LogP contribution is -2.36. The molecule has 0 atom stereocenters. The highest BCUT2D eigenvalue weighted by Crippen LogP contribution is 2.29. The Morgan fingerprint density at radius 2 is 1.69 bits per heavy atom. The number of hydrogen-bond acceptors (Lipinski definition) is 2. The Labute approximate surface area is 103 Å². The quantitative estimate of drug-likeness (QED) is 0.578. The normalized spacial score (nSPS) is 12.4. The highest BCUT2D eigenvalue weighted by Gasteiger charge is 2.25. The van der Waals surface area contributed by atoms with Crippen LogP contribution in [-0.2, 0) is 0 Å². The van der Waals surface area contributed by atoms with Gasteiger partial charge in [-0.05, 0) is 57.8 Å². The molecule has 98 valence electrons. The van der Waals surface area contributed by atoms with Gasteiger partial charge in [-0.1, -0.05) is 27.7 Å². The van der Waals surface area contributed by atoms with E-state index in [9.17, 15) is 0 Å². The van der Waals surface area contributed by atoms with Gasteiger partial charge >= 0.3 is 0 Å². The summed E-state index contributed by atoms with van der Waals surface area (Å²) in [5.74, 6) is 0. The van der Waals surface area contributed by atoms with Gasteiger partial charge in [0.25, 0.3) is 0 Å². The first-order chi connectivity index (χ1) is 7.64. The van der Waals surface area contributed by atoms with Gasteiger partial charge in [-0.3, -0.25) is 0 Å². The van der Waals surface area contributed by atoms with Gasteiger partial charge in [-0.15, -0.1) is 0 Å². The van der Waals surface area contributed by atoms with Crippen LogP contribution in [0.25, 0.3) is 0 Å². The Bertz CT molecular complexity index is 153. The monoisotopic (exact) mass is 228 g/mol. The van der Waals surface area contributed by atoms with Crippen LogP contribution in [0.15, 0.2) is 0 Å². The second-order valence-corrected chi connectivity index (χ2v) is 5.03. The van der Waals surface area contributed by atoms with Gasteiger partial charge in [-0.2, -0.15) is 0 Å². The summed E-state index contributed by atoms with van der Waals surface area (Å²) < 4.78 is 0. The molecule has 0 aromatic rings. The van der Waals surface area contributed by atoms with E-state index in [0.29, 0.717) is 5.41 Å². The van der Waals surface area contributed by atoms with E-state index in [1.165, 1.54) is 38.8 Å². The van der Waals surface area contributed by atoms with Gasteiger partial charge in [-0.25, -0.2) is 0 Å². The van der Waals surface area contributed by atoms with Crippen LogP contribution in [0.3, 0.4) is 0 Å². The molecule has 0 rings (SSSR count). The van der Waals surface area contributed by atoms with Crippen molar-refractivity contribution in [2.45, 2.75) is 53.4 Å². The molecule has 0 aromatic heterocycles. The van der Waals surface area contributed by atoms with Gasteiger partial charge in [0, 0.05) is 6.54 Å². The average molecular weight is 228 g/mol. The molecule has 16 heavy (non-hydrogen) atoms. The van der Waals surface area contributed by atoms with Gasteiger partial charge in [0.05, 0.1) is 0 Å². The highest BCUT2D eigenvalue weighted by molar-refractivity contribution is 4.80. The minimum Gasteiger partial charge on any atom is -0.316 e. The maximum Gasteiger partial charge on any atom is 0.000808 e. The molecule has 0 saturated carbocycles. The van der Waals surface area contributed by atoms with Gasteiger partial charge in [0.2, 0.25) is 0 Å². The molecule has 0 saturated heterocycles. The SMILES string of the molecule is CCCNCC(CC)(CC)CCN(C)CC. The molecule has 0 spiro atoms. The first kappa shape index (κ1) is 15.9. The molecule has 0 unspecified atom stereocenters. The van der Waals surface area contributed by atoms with E-state index < -0.39 is 0 Å². The fourth-order valence-electron chi connectivity index (χ4n) is 2.06. The van der Waals surface area contributed by atoms with Crippen molar-refractivity contribution in [3.63, 3.8) is 0 Å². The van der Waals surface area contributed by atoms with Gasteiger partial charge in [0.1, 0.15) is 0 Å². The van der Waals surface area contributed by atoms with Crippen LogP contribution in [0, 0.1) is 5.41 Å². The van der Waals surface area contributed by atoms with Crippen LogP contribution in [0.1, 0.15) is 53.4 Å². The third-order valence-corrected chi connectivity index (χ3v) is 3.99. The summed E-state index contributed by atoms with van der Waals surface area (Å²) in [4.78, 5) is 2.42. The molecule has 0 heterocycles. The molecular formula is C14H32N2. The summed E-state index contributed by atoms with van der Waals surface area (Å²) in [7, 11) is 2.22. The van der Waals surface area contributed by atoms with Crippen LogP contribution in [0.4, 0.5) is 0 Å². The number of nitrogens with one attached hydrogen (secondary N) is 1. The molecule has 0 bridgehead atoms. The first-order valence-electron chi connectivity index (χ1n) is 7.03. The summed E-state index contributed by atoms with van der Waals surface area (Å²) in [6.07, 6.45) is 5.13. The first-order valence-corrected chi connectivity index (χ1v) is 7.03. The molecule has 0 aromatic carbocycles. The summed E-state index contributed by atoms with van der Waals surface area (Å²) in [5.41, 5.74) is 0.512. The Morgan fingerprint density at radius 3 is 2.12 bits per heavy atom. The molecule has 0 radical (unpaired) electrons. The lowest BCUT2D eigenvalue weighted by atomic mass is 9.79. The molecule has 2 nitrogen and oxygen atoms in total. The van der Waals surface area contributed by atoms with Crippen LogP contribution < -0.4 is 5.32 Å². The third-order valence-electron chi connectivity index (χ3n) is 3.99. The van der Waals surface area contributed by atoms with Crippen LogP contribution >= 0.6 is 0 Å². The van der Waals surface area contributed by atoms with Crippen molar-refractivity contribution in [1.29, 1.82) is 0 Å². The zero-order chi connectivity index (χ0) is 12.4. The second-order valence-electron chi connectivity index (χ2n) is 5.03. The number of hydrogen-bond donors (Lipinski definition) is 1. The lowest BCUT2D eigenvalue weighted by Gasteiger charge is -2.33. The minimum atomic E-state index is 0.512. The average Bonchev–Trinajstić information content (AvgIpc) is 2.33. The van der Waals surface area contributed by atoms with E-state index in [4.69, 9.17) is 0 Å². The molecule has 2 heteroatoms. The maximum atomic E-state index is 3.60. The van der Waals surface area contributed by atoms with Crippen LogP contribution in [0.5, 0.6) is 0 Å². The molecule has 1 N–H and O–H groups in total. The molecule has 0 fully saturated rings. The Kier molecular flexibility index (Phi) is 8.96. The fourth-order valence-corrected chi connectivity index (χ4v) is 2.06. The third kappa shape index (κ3) is 5.86. The standard InChI is InChI=1S/C14H32N2/c1-6-11-15-13-14(7-2,8-3)10-12-16(5)9-4/h15H,6-13H2,1-5H3. The minimum absolute atomic E-state index is 0.512. The van der Waals surface area contributed by atoms with E-state index in [0.717, 1.165) is 13.1 Å². The Hall–Kier alpha value is -0.0800. The summed E-state index contributed by atoms with van der Waals surface area (Å²) in [6, 6.07) is 0. The molecule has 0 aliphatic carbocycles. The topological polar surface area (TPSA) is 15.3 Å². The van der Waals surface area contributed by atoms with Crippen molar-refractivity contribution >= 4 is 0 Å². The van der Waals surface area contributed by atoms with E-state index in [2.05, 4.69) is 45.0 Å². The van der Waals surface area contributed by atoms with Gasteiger partial charge < -0.3 is 10.2 Å². The second kappa shape index (κ2) is 9.00. The molecule has 0 amide bonds.